The fraction of sp³-hybridized carbons (Fsp3) is 0.389. The van der Waals surface area contributed by atoms with Crippen molar-refractivity contribution in [1.82, 2.24) is 10.6 Å². The summed E-state index contributed by atoms with van der Waals surface area (Å²) in [4.78, 5) is 35.8. The van der Waals surface area contributed by atoms with E-state index in [1.807, 2.05) is 30.3 Å². The highest BCUT2D eigenvalue weighted by Crippen LogP contribution is 2.03. The van der Waals surface area contributed by atoms with E-state index in [-0.39, 0.29) is 19.6 Å². The predicted octanol–water partition coefficient (Wildman–Crippen LogP) is 0.966. The van der Waals surface area contributed by atoms with E-state index in [1.165, 1.54) is 6.08 Å². The topological polar surface area (TPSA) is 105 Å². The van der Waals surface area contributed by atoms with Gasteiger partial charge in [-0.25, -0.2) is 4.79 Å². The van der Waals surface area contributed by atoms with Gasteiger partial charge in [0.05, 0.1) is 12.6 Å². The van der Waals surface area contributed by atoms with Crippen LogP contribution in [0, 0.1) is 0 Å². The summed E-state index contributed by atoms with van der Waals surface area (Å²) in [5.41, 5.74) is 0.924. The van der Waals surface area contributed by atoms with E-state index in [0.717, 1.165) is 5.56 Å². The first-order chi connectivity index (χ1) is 12.0. The molecule has 1 rings (SSSR count). The number of alkyl carbamates (subject to hydrolysis) is 1. The van der Waals surface area contributed by atoms with E-state index in [0.29, 0.717) is 6.42 Å². The number of carbonyl (C=O) groups is 3. The summed E-state index contributed by atoms with van der Waals surface area (Å²) in [5.74, 6) is -1.64. The smallest absolute Gasteiger partial charge is 0.408 e. The van der Waals surface area contributed by atoms with Crippen molar-refractivity contribution in [2.45, 2.75) is 31.8 Å². The number of hydrogen-bond donors (Lipinski definition) is 3. The molecule has 0 radical (unpaired) electrons. The fourth-order valence-corrected chi connectivity index (χ4v) is 2.15. The van der Waals surface area contributed by atoms with Gasteiger partial charge < -0.3 is 20.5 Å². The van der Waals surface area contributed by atoms with Gasteiger partial charge in [-0.1, -0.05) is 49.9 Å². The molecule has 136 valence electrons. The van der Waals surface area contributed by atoms with E-state index in [1.54, 1.807) is 6.92 Å². The predicted molar refractivity (Wildman–Crippen MR) is 92.9 cm³/mol. The number of rotatable bonds is 10. The van der Waals surface area contributed by atoms with Crippen LogP contribution in [0.15, 0.2) is 43.0 Å². The van der Waals surface area contributed by atoms with Crippen LogP contribution < -0.4 is 10.6 Å². The van der Waals surface area contributed by atoms with Gasteiger partial charge in [0.1, 0.15) is 12.6 Å². The molecule has 0 spiro atoms. The summed E-state index contributed by atoms with van der Waals surface area (Å²) in [6.45, 7) is 4.78. The molecule has 0 aliphatic heterocycles. The van der Waals surface area contributed by atoms with Crippen LogP contribution in [0.25, 0.3) is 0 Å². The van der Waals surface area contributed by atoms with E-state index >= 15 is 0 Å². The minimum absolute atomic E-state index is 0.00627. The molecule has 2 amide bonds. The maximum absolute atomic E-state index is 12.2. The van der Waals surface area contributed by atoms with Crippen LogP contribution >= 0.6 is 0 Å². The lowest BCUT2D eigenvalue weighted by atomic mass is 10.1. The third-order valence-electron chi connectivity index (χ3n) is 3.45. The van der Waals surface area contributed by atoms with Gasteiger partial charge in [0, 0.05) is 0 Å². The van der Waals surface area contributed by atoms with Gasteiger partial charge in [0.15, 0.2) is 0 Å². The third kappa shape index (κ3) is 7.17. The van der Waals surface area contributed by atoms with Gasteiger partial charge in [-0.2, -0.15) is 0 Å². The largest absolute Gasteiger partial charge is 0.445 e. The van der Waals surface area contributed by atoms with Crippen LogP contribution in [0.5, 0.6) is 0 Å². The second-order valence-electron chi connectivity index (χ2n) is 5.40. The Hall–Kier alpha value is -2.67. The molecule has 0 aromatic heterocycles. The monoisotopic (exact) mass is 348 g/mol. The summed E-state index contributed by atoms with van der Waals surface area (Å²) in [7, 11) is 0. The molecule has 1 aromatic rings. The fourth-order valence-electron chi connectivity index (χ4n) is 2.15. The van der Waals surface area contributed by atoms with Crippen LogP contribution in [-0.2, 0) is 20.7 Å². The molecule has 0 fully saturated rings. The summed E-state index contributed by atoms with van der Waals surface area (Å²) >= 11 is 0. The second-order valence-corrected chi connectivity index (χ2v) is 5.40. The van der Waals surface area contributed by atoms with Gasteiger partial charge in [-0.05, 0) is 18.4 Å². The maximum Gasteiger partial charge on any atom is 0.408 e. The number of ether oxygens (including phenoxy) is 1. The van der Waals surface area contributed by atoms with E-state index in [4.69, 9.17) is 4.74 Å². The molecule has 0 saturated carbocycles. The van der Waals surface area contributed by atoms with Crippen molar-refractivity contribution in [3.63, 3.8) is 0 Å². The van der Waals surface area contributed by atoms with Crippen molar-refractivity contribution in [1.29, 1.82) is 0 Å². The average molecular weight is 348 g/mol. The Kier molecular flexibility index (Phi) is 8.95. The third-order valence-corrected chi connectivity index (χ3v) is 3.45. The quantitative estimate of drug-likeness (QED) is 0.432. The number of hydrogen-bond acceptors (Lipinski definition) is 5. The highest BCUT2D eigenvalue weighted by Gasteiger charge is 2.27. The summed E-state index contributed by atoms with van der Waals surface area (Å²) in [6, 6.07) is 7.71. The zero-order valence-electron chi connectivity index (χ0n) is 14.2. The minimum Gasteiger partial charge on any atom is -0.445 e. The van der Waals surface area contributed by atoms with Crippen LogP contribution in [0.4, 0.5) is 4.79 Å². The lowest BCUT2D eigenvalue weighted by molar-refractivity contribution is -0.139. The van der Waals surface area contributed by atoms with Crippen molar-refractivity contribution in [3.05, 3.63) is 48.6 Å². The number of Topliss-reactive ketones (excluding diaryl/α,β-unsaturated/α-hetero) is 1. The Morgan fingerprint density at radius 2 is 1.92 bits per heavy atom. The number of benzene rings is 1. The van der Waals surface area contributed by atoms with Crippen molar-refractivity contribution < 1.29 is 24.2 Å². The number of aliphatic hydroxyl groups excluding tert-OH is 1. The van der Waals surface area contributed by atoms with Crippen molar-refractivity contribution in [3.8, 4) is 0 Å². The molecule has 0 saturated heterocycles. The molecule has 2 atom stereocenters. The number of ketones is 1. The van der Waals surface area contributed by atoms with Gasteiger partial charge in [0.2, 0.25) is 5.78 Å². The van der Waals surface area contributed by atoms with Crippen LogP contribution in [-0.4, -0.2) is 48.2 Å². The standard InChI is InChI=1S/C18H24N2O5/c1-3-10-25-18(24)20-15(4-2)16(22)17(23)19-14(12-21)11-13-8-6-5-7-9-13/h3,5-9,14-15,21H,1,4,10-12H2,2H3,(H,19,23)(H,20,24)/t14-,15?/m0/s1. The van der Waals surface area contributed by atoms with Crippen molar-refractivity contribution in [2.24, 2.45) is 0 Å². The molecule has 0 heterocycles. The molecular formula is C18H24N2O5. The minimum atomic E-state index is -0.992. The summed E-state index contributed by atoms with van der Waals surface area (Å²) < 4.78 is 4.74. The van der Waals surface area contributed by atoms with E-state index in [9.17, 15) is 19.5 Å². The maximum atomic E-state index is 12.2. The van der Waals surface area contributed by atoms with Crippen LogP contribution in [0.3, 0.4) is 0 Å². The van der Waals surface area contributed by atoms with Crippen molar-refractivity contribution in [2.75, 3.05) is 13.2 Å². The highest BCUT2D eigenvalue weighted by atomic mass is 16.5. The molecular weight excluding hydrogens is 324 g/mol. The lowest BCUT2D eigenvalue weighted by Gasteiger charge is -2.19. The van der Waals surface area contributed by atoms with Crippen LogP contribution in [0.2, 0.25) is 0 Å². The van der Waals surface area contributed by atoms with Crippen LogP contribution in [0.1, 0.15) is 18.9 Å². The zero-order valence-corrected chi connectivity index (χ0v) is 14.2. The number of carbonyl (C=O) groups excluding carboxylic acids is 3. The Bertz CT molecular complexity index is 588. The first kappa shape index (κ1) is 20.4. The normalized spacial score (nSPS) is 12.6. The Morgan fingerprint density at radius 1 is 1.24 bits per heavy atom. The highest BCUT2D eigenvalue weighted by molar-refractivity contribution is 6.38. The average Bonchev–Trinajstić information content (AvgIpc) is 2.63. The molecule has 0 aliphatic rings. The molecule has 3 N–H and O–H groups in total. The molecule has 1 aromatic carbocycles. The van der Waals surface area contributed by atoms with E-state index < -0.39 is 29.9 Å². The molecule has 1 unspecified atom stereocenters. The second kappa shape index (κ2) is 11.0. The Morgan fingerprint density at radius 3 is 2.48 bits per heavy atom. The molecule has 0 aliphatic carbocycles. The number of aliphatic hydroxyl groups is 1. The molecule has 7 heteroatoms. The van der Waals surface area contributed by atoms with Gasteiger partial charge in [-0.15, -0.1) is 0 Å². The number of amides is 2. The molecule has 0 bridgehead atoms. The summed E-state index contributed by atoms with van der Waals surface area (Å²) in [5, 5.41) is 14.3. The zero-order chi connectivity index (χ0) is 18.7. The first-order valence-corrected chi connectivity index (χ1v) is 8.05. The first-order valence-electron chi connectivity index (χ1n) is 8.05. The molecule has 7 nitrogen and oxygen atoms in total. The van der Waals surface area contributed by atoms with Crippen molar-refractivity contribution >= 4 is 17.8 Å². The Balaban J connectivity index is 2.61. The van der Waals surface area contributed by atoms with E-state index in [2.05, 4.69) is 17.2 Å². The van der Waals surface area contributed by atoms with Gasteiger partial charge in [0.25, 0.3) is 5.91 Å². The molecule has 25 heavy (non-hydrogen) atoms. The number of nitrogens with one attached hydrogen (secondary N) is 2. The van der Waals surface area contributed by atoms with Gasteiger partial charge in [-0.3, -0.25) is 9.59 Å². The lowest BCUT2D eigenvalue weighted by Crippen LogP contribution is -2.50. The SMILES string of the molecule is C=CCOC(=O)NC(CC)C(=O)C(=O)N[C@H](CO)Cc1ccccc1. The van der Waals surface area contributed by atoms with Gasteiger partial charge >= 0.3 is 6.09 Å². The summed E-state index contributed by atoms with van der Waals surface area (Å²) in [6.07, 6.45) is 1.22. The Labute approximate surface area is 147 Å².